The molecule has 1 aromatic heterocycles. The quantitative estimate of drug-likeness (QED) is 0.578. The summed E-state index contributed by atoms with van der Waals surface area (Å²) in [6.07, 6.45) is 0.720. The predicted molar refractivity (Wildman–Crippen MR) is 97.1 cm³/mol. The molecule has 3 aromatic rings. The lowest BCUT2D eigenvalue weighted by molar-refractivity contribution is -0.145. The van der Waals surface area contributed by atoms with Crippen LogP contribution < -0.4 is 10.5 Å². The molecule has 0 spiro atoms. The number of hydrogen-bond acceptors (Lipinski definition) is 5. The third-order valence-corrected chi connectivity index (χ3v) is 4.00. The van der Waals surface area contributed by atoms with Crippen molar-refractivity contribution in [3.63, 3.8) is 0 Å². The summed E-state index contributed by atoms with van der Waals surface area (Å²) in [5.41, 5.74) is 2.11. The predicted octanol–water partition coefficient (Wildman–Crippen LogP) is 3.52. The molecule has 6 nitrogen and oxygen atoms in total. The molecule has 26 heavy (non-hydrogen) atoms. The second-order valence-electron chi connectivity index (χ2n) is 5.79. The average molecular weight is 355 g/mol. The van der Waals surface area contributed by atoms with E-state index >= 15 is 0 Å². The Morgan fingerprint density at radius 1 is 1.12 bits per heavy atom. The van der Waals surface area contributed by atoms with Gasteiger partial charge in [-0.2, -0.15) is 0 Å². The molecule has 2 aromatic carbocycles. The van der Waals surface area contributed by atoms with Gasteiger partial charge in [-0.1, -0.05) is 30.3 Å². The van der Waals surface area contributed by atoms with Crippen LogP contribution in [0.4, 0.5) is 0 Å². The fraction of sp³-hybridized carbons (Fsp3) is 0.300. The summed E-state index contributed by atoms with van der Waals surface area (Å²) in [6, 6.07) is 14.7. The zero-order chi connectivity index (χ0) is 18.4. The van der Waals surface area contributed by atoms with Crippen molar-refractivity contribution in [3.05, 3.63) is 64.6 Å². The molecular formula is C20H21NO5. The number of carbonyl (C=O) groups is 1. The van der Waals surface area contributed by atoms with Crippen molar-refractivity contribution in [2.75, 3.05) is 6.61 Å². The smallest absolute Gasteiger partial charge is 0.419 e. The minimum atomic E-state index is -0.412. The van der Waals surface area contributed by atoms with Crippen LogP contribution in [0.15, 0.2) is 57.7 Å². The Morgan fingerprint density at radius 2 is 1.88 bits per heavy atom. The van der Waals surface area contributed by atoms with E-state index in [1.54, 1.807) is 6.07 Å². The van der Waals surface area contributed by atoms with Crippen LogP contribution in [0.2, 0.25) is 0 Å². The maximum atomic E-state index is 12.0. The molecule has 0 atom stereocenters. The van der Waals surface area contributed by atoms with Crippen LogP contribution in [0.25, 0.3) is 11.1 Å². The molecule has 0 aliphatic heterocycles. The summed E-state index contributed by atoms with van der Waals surface area (Å²) in [6.45, 7) is 3.03. The Bertz CT molecular complexity index is 941. The highest BCUT2D eigenvalue weighted by Crippen LogP contribution is 2.19. The molecule has 0 bridgehead atoms. The maximum absolute atomic E-state index is 12.0. The van der Waals surface area contributed by atoms with Crippen LogP contribution in [-0.4, -0.2) is 17.1 Å². The van der Waals surface area contributed by atoms with Crippen LogP contribution in [-0.2, 0) is 22.7 Å². The number of ether oxygens (including phenoxy) is 2. The number of hydrogen-bond donors (Lipinski definition) is 0. The van der Waals surface area contributed by atoms with Gasteiger partial charge in [-0.05, 0) is 31.5 Å². The Kier molecular flexibility index (Phi) is 5.73. The Labute approximate surface area is 150 Å². The van der Waals surface area contributed by atoms with Gasteiger partial charge in [-0.15, -0.1) is 0 Å². The van der Waals surface area contributed by atoms with Gasteiger partial charge in [0.25, 0.3) is 0 Å². The van der Waals surface area contributed by atoms with Crippen molar-refractivity contribution in [2.45, 2.75) is 32.9 Å². The van der Waals surface area contributed by atoms with E-state index in [9.17, 15) is 9.59 Å². The van der Waals surface area contributed by atoms with Crippen LogP contribution in [0.5, 0.6) is 5.75 Å². The van der Waals surface area contributed by atoms with Gasteiger partial charge in [0, 0.05) is 18.5 Å². The van der Waals surface area contributed by atoms with E-state index in [-0.39, 0.29) is 19.0 Å². The zero-order valence-corrected chi connectivity index (χ0v) is 14.6. The molecule has 136 valence electrons. The van der Waals surface area contributed by atoms with E-state index in [4.69, 9.17) is 13.9 Å². The van der Waals surface area contributed by atoms with Crippen molar-refractivity contribution in [2.24, 2.45) is 0 Å². The minimum absolute atomic E-state index is 0.170. The monoisotopic (exact) mass is 355 g/mol. The normalized spacial score (nSPS) is 10.8. The number of rotatable bonds is 8. The van der Waals surface area contributed by atoms with Crippen LogP contribution in [0.1, 0.15) is 25.3 Å². The zero-order valence-electron chi connectivity index (χ0n) is 14.6. The third kappa shape index (κ3) is 4.14. The van der Waals surface area contributed by atoms with Gasteiger partial charge in [-0.3, -0.25) is 9.36 Å². The van der Waals surface area contributed by atoms with Crippen molar-refractivity contribution >= 4 is 17.1 Å². The molecule has 0 N–H and O–H groups in total. The van der Waals surface area contributed by atoms with E-state index in [0.29, 0.717) is 25.2 Å². The summed E-state index contributed by atoms with van der Waals surface area (Å²) in [5, 5.41) is 0. The standard InChI is InChI=1S/C20H21NO5/c1-2-24-17-10-5-3-8-15(17)14-25-19(22)12-7-13-21-16-9-4-6-11-18(16)26-20(21)23/h3-6,8-11H,2,7,12-14H2,1H3. The summed E-state index contributed by atoms with van der Waals surface area (Å²) in [4.78, 5) is 23.9. The number of fused-ring (bicyclic) bond motifs is 1. The Morgan fingerprint density at radius 3 is 2.73 bits per heavy atom. The highest BCUT2D eigenvalue weighted by atomic mass is 16.5. The number of aryl methyl sites for hydroxylation is 1. The number of oxazole rings is 1. The summed E-state index contributed by atoms with van der Waals surface area (Å²) in [5.74, 6) is 0.00146. The number of aromatic nitrogens is 1. The number of nitrogens with zero attached hydrogens (tertiary/aromatic N) is 1. The van der Waals surface area contributed by atoms with E-state index in [2.05, 4.69) is 0 Å². The van der Waals surface area contributed by atoms with Gasteiger partial charge in [-0.25, -0.2) is 4.79 Å². The fourth-order valence-electron chi connectivity index (χ4n) is 2.76. The first-order valence-corrected chi connectivity index (χ1v) is 8.63. The van der Waals surface area contributed by atoms with Gasteiger partial charge < -0.3 is 13.9 Å². The molecule has 0 saturated carbocycles. The molecule has 0 radical (unpaired) electrons. The van der Waals surface area contributed by atoms with Crippen LogP contribution >= 0.6 is 0 Å². The van der Waals surface area contributed by atoms with E-state index < -0.39 is 5.76 Å². The summed E-state index contributed by atoms with van der Waals surface area (Å²) >= 11 is 0. The number of benzene rings is 2. The minimum Gasteiger partial charge on any atom is -0.493 e. The summed E-state index contributed by atoms with van der Waals surface area (Å²) < 4.78 is 17.5. The van der Waals surface area contributed by atoms with Crippen LogP contribution in [0.3, 0.4) is 0 Å². The highest BCUT2D eigenvalue weighted by molar-refractivity contribution is 5.72. The van der Waals surface area contributed by atoms with Crippen LogP contribution in [0, 0.1) is 0 Å². The SMILES string of the molecule is CCOc1ccccc1COC(=O)CCCn1c(=O)oc2ccccc21. The molecule has 0 saturated heterocycles. The van der Waals surface area contributed by atoms with Gasteiger partial charge in [0.05, 0.1) is 12.1 Å². The first-order chi connectivity index (χ1) is 12.7. The fourth-order valence-corrected chi connectivity index (χ4v) is 2.76. The highest BCUT2D eigenvalue weighted by Gasteiger charge is 2.10. The lowest BCUT2D eigenvalue weighted by Gasteiger charge is -2.10. The molecule has 3 rings (SSSR count). The van der Waals surface area contributed by atoms with Crippen molar-refractivity contribution in [1.82, 2.24) is 4.57 Å². The molecule has 6 heteroatoms. The van der Waals surface area contributed by atoms with E-state index in [1.807, 2.05) is 49.4 Å². The molecule has 1 heterocycles. The average Bonchev–Trinajstić information content (AvgIpc) is 2.97. The van der Waals surface area contributed by atoms with Gasteiger partial charge in [0.1, 0.15) is 12.4 Å². The third-order valence-electron chi connectivity index (χ3n) is 4.00. The summed E-state index contributed by atoms with van der Waals surface area (Å²) in [7, 11) is 0. The van der Waals surface area contributed by atoms with Gasteiger partial charge >= 0.3 is 11.7 Å². The van der Waals surface area contributed by atoms with Gasteiger partial charge in [0.2, 0.25) is 0 Å². The molecule has 0 aliphatic carbocycles. The molecule has 0 fully saturated rings. The number of carbonyl (C=O) groups excluding carboxylic acids is 1. The van der Waals surface area contributed by atoms with E-state index in [1.165, 1.54) is 4.57 Å². The Balaban J connectivity index is 1.52. The van der Waals surface area contributed by atoms with Crippen molar-refractivity contribution in [3.8, 4) is 5.75 Å². The molecule has 0 unspecified atom stereocenters. The first kappa shape index (κ1) is 17.8. The molecule has 0 amide bonds. The lowest BCUT2D eigenvalue weighted by atomic mass is 10.2. The lowest BCUT2D eigenvalue weighted by Crippen LogP contribution is -2.15. The maximum Gasteiger partial charge on any atom is 0.419 e. The van der Waals surface area contributed by atoms with Crippen molar-refractivity contribution in [1.29, 1.82) is 0 Å². The largest absolute Gasteiger partial charge is 0.493 e. The number of esters is 1. The molecule has 0 aliphatic rings. The second-order valence-corrected chi connectivity index (χ2v) is 5.79. The number of para-hydroxylation sites is 3. The molecular weight excluding hydrogens is 334 g/mol. The van der Waals surface area contributed by atoms with E-state index in [0.717, 1.165) is 16.8 Å². The topological polar surface area (TPSA) is 70.7 Å². The second kappa shape index (κ2) is 8.38. The van der Waals surface area contributed by atoms with Gasteiger partial charge in [0.15, 0.2) is 5.58 Å². The first-order valence-electron chi connectivity index (χ1n) is 8.63. The van der Waals surface area contributed by atoms with Crippen molar-refractivity contribution < 1.29 is 18.7 Å². The Hall–Kier alpha value is -3.02.